The highest BCUT2D eigenvalue weighted by molar-refractivity contribution is 7.20. The van der Waals surface area contributed by atoms with Gasteiger partial charge in [0, 0.05) is 30.3 Å². The number of nitrogens with one attached hydrogen (secondary N) is 1. The van der Waals surface area contributed by atoms with Crippen LogP contribution in [0.25, 0.3) is 15.3 Å². The molecular formula is C20H17N5O2S. The number of carbonyl (C=O) groups is 1. The summed E-state index contributed by atoms with van der Waals surface area (Å²) >= 11 is 1.51. The summed E-state index contributed by atoms with van der Waals surface area (Å²) in [5.41, 5.74) is 3.77. The van der Waals surface area contributed by atoms with Crippen molar-refractivity contribution in [2.45, 2.75) is 19.3 Å². The number of ether oxygens (including phenoxy) is 1. The lowest BCUT2D eigenvalue weighted by molar-refractivity contribution is -0.116. The second kappa shape index (κ2) is 6.42. The van der Waals surface area contributed by atoms with Crippen molar-refractivity contribution < 1.29 is 9.53 Å². The van der Waals surface area contributed by atoms with Crippen molar-refractivity contribution in [2.75, 3.05) is 12.4 Å². The van der Waals surface area contributed by atoms with E-state index < -0.39 is 0 Å². The molecule has 0 radical (unpaired) electrons. The molecule has 5 rings (SSSR count). The fourth-order valence-corrected chi connectivity index (χ4v) is 4.62. The maximum absolute atomic E-state index is 12.5. The molecule has 1 amide bonds. The molecule has 0 saturated carbocycles. The zero-order chi connectivity index (χ0) is 19.3. The van der Waals surface area contributed by atoms with Gasteiger partial charge in [0.05, 0.1) is 23.0 Å². The summed E-state index contributed by atoms with van der Waals surface area (Å²) in [6.45, 7) is 1.96. The normalized spacial score (nSPS) is 16.1. The first-order valence-corrected chi connectivity index (χ1v) is 9.70. The number of benzene rings is 1. The van der Waals surface area contributed by atoms with Gasteiger partial charge in [-0.15, -0.1) is 0 Å². The molecule has 1 N–H and O–H groups in total. The van der Waals surface area contributed by atoms with Gasteiger partial charge in [0.2, 0.25) is 11.0 Å². The number of aryl methyl sites for hydroxylation is 1. The number of fused-ring (bicyclic) bond motifs is 2. The van der Waals surface area contributed by atoms with Crippen LogP contribution in [0, 0.1) is 6.92 Å². The smallest absolute Gasteiger partial charge is 0.226 e. The van der Waals surface area contributed by atoms with E-state index in [-0.39, 0.29) is 11.8 Å². The van der Waals surface area contributed by atoms with Crippen molar-refractivity contribution in [1.82, 2.24) is 19.7 Å². The summed E-state index contributed by atoms with van der Waals surface area (Å²) in [6, 6.07) is 9.66. The van der Waals surface area contributed by atoms with Crippen LogP contribution in [0.3, 0.4) is 0 Å². The Morgan fingerprint density at radius 1 is 1.32 bits per heavy atom. The number of nitrogens with zero attached hydrogens (tertiary/aromatic N) is 4. The largest absolute Gasteiger partial charge is 0.497 e. The number of anilines is 1. The van der Waals surface area contributed by atoms with Gasteiger partial charge < -0.3 is 10.1 Å². The molecule has 1 atom stereocenters. The maximum Gasteiger partial charge on any atom is 0.226 e. The van der Waals surface area contributed by atoms with Crippen molar-refractivity contribution in [3.63, 3.8) is 0 Å². The van der Waals surface area contributed by atoms with Gasteiger partial charge in [0.1, 0.15) is 11.6 Å². The van der Waals surface area contributed by atoms with E-state index in [1.165, 1.54) is 11.3 Å². The molecule has 0 saturated heterocycles. The lowest BCUT2D eigenvalue weighted by Gasteiger charge is -2.23. The van der Waals surface area contributed by atoms with Gasteiger partial charge in [-0.3, -0.25) is 9.78 Å². The minimum atomic E-state index is -0.0688. The van der Waals surface area contributed by atoms with Crippen LogP contribution < -0.4 is 10.1 Å². The Morgan fingerprint density at radius 3 is 3.00 bits per heavy atom. The first-order valence-electron chi connectivity index (χ1n) is 8.88. The Morgan fingerprint density at radius 2 is 2.21 bits per heavy atom. The zero-order valence-electron chi connectivity index (χ0n) is 15.3. The second-order valence-electron chi connectivity index (χ2n) is 6.68. The standard InChI is InChI=1S/C20H17N5O2S/c1-11-18-14(12-4-3-7-21-10-12)9-17(26)23-19(18)25(24-11)20-22-15-6-5-13(27-2)8-16(15)28-20/h3-8,10,14H,9H2,1-2H3,(H,23,26). The van der Waals surface area contributed by atoms with Crippen LogP contribution in [0.1, 0.15) is 29.2 Å². The van der Waals surface area contributed by atoms with Crippen molar-refractivity contribution in [1.29, 1.82) is 0 Å². The SMILES string of the molecule is COc1ccc2nc(-n3nc(C)c4c3NC(=O)CC4c3cccnc3)sc2c1. The molecule has 0 bridgehead atoms. The molecule has 4 heterocycles. The summed E-state index contributed by atoms with van der Waals surface area (Å²) in [5.74, 6) is 1.37. The van der Waals surface area contributed by atoms with Crippen LogP contribution in [-0.2, 0) is 4.79 Å². The molecular weight excluding hydrogens is 374 g/mol. The average molecular weight is 391 g/mol. The van der Waals surface area contributed by atoms with Crippen LogP contribution in [0.4, 0.5) is 5.82 Å². The number of methoxy groups -OCH3 is 1. The minimum absolute atomic E-state index is 0.0368. The van der Waals surface area contributed by atoms with E-state index in [0.717, 1.165) is 32.8 Å². The van der Waals surface area contributed by atoms with E-state index in [0.29, 0.717) is 17.4 Å². The highest BCUT2D eigenvalue weighted by Gasteiger charge is 2.33. The second-order valence-corrected chi connectivity index (χ2v) is 7.69. The number of aromatic nitrogens is 4. The van der Waals surface area contributed by atoms with E-state index in [9.17, 15) is 4.79 Å². The van der Waals surface area contributed by atoms with E-state index in [2.05, 4.69) is 10.3 Å². The number of hydrogen-bond donors (Lipinski definition) is 1. The summed E-state index contributed by atoms with van der Waals surface area (Å²) in [5, 5.41) is 8.41. The fourth-order valence-electron chi connectivity index (χ4n) is 3.66. The Hall–Kier alpha value is -3.26. The molecule has 140 valence electrons. The molecule has 7 nitrogen and oxygen atoms in total. The van der Waals surface area contributed by atoms with Gasteiger partial charge in [-0.25, -0.2) is 4.98 Å². The van der Waals surface area contributed by atoms with Gasteiger partial charge in [-0.1, -0.05) is 17.4 Å². The number of rotatable bonds is 3. The summed E-state index contributed by atoms with van der Waals surface area (Å²) in [6.07, 6.45) is 3.93. The maximum atomic E-state index is 12.5. The first-order chi connectivity index (χ1) is 13.6. The molecule has 1 unspecified atom stereocenters. The zero-order valence-corrected chi connectivity index (χ0v) is 16.2. The molecule has 28 heavy (non-hydrogen) atoms. The van der Waals surface area contributed by atoms with Crippen molar-refractivity contribution >= 4 is 33.3 Å². The predicted octanol–water partition coefficient (Wildman–Crippen LogP) is 3.67. The molecule has 0 aliphatic carbocycles. The number of carbonyl (C=O) groups excluding carboxylic acids is 1. The van der Waals surface area contributed by atoms with Crippen LogP contribution in [0.2, 0.25) is 0 Å². The molecule has 0 spiro atoms. The van der Waals surface area contributed by atoms with E-state index >= 15 is 0 Å². The molecule has 8 heteroatoms. The summed E-state index contributed by atoms with van der Waals surface area (Å²) < 4.78 is 8.04. The van der Waals surface area contributed by atoms with Gasteiger partial charge in [-0.05, 0) is 36.8 Å². The van der Waals surface area contributed by atoms with Crippen LogP contribution in [-0.4, -0.2) is 32.8 Å². The molecule has 1 aliphatic heterocycles. The number of thiazole rings is 1. The van der Waals surface area contributed by atoms with Crippen LogP contribution >= 0.6 is 11.3 Å². The van der Waals surface area contributed by atoms with Gasteiger partial charge >= 0.3 is 0 Å². The molecule has 4 aromatic rings. The Bertz CT molecular complexity index is 1200. The van der Waals surface area contributed by atoms with E-state index in [1.807, 2.05) is 43.5 Å². The fraction of sp³-hybridized carbons (Fsp3) is 0.200. The highest BCUT2D eigenvalue weighted by atomic mass is 32.1. The first kappa shape index (κ1) is 16.9. The van der Waals surface area contributed by atoms with Crippen molar-refractivity contribution in [3.8, 4) is 10.9 Å². The van der Waals surface area contributed by atoms with Crippen molar-refractivity contribution in [2.24, 2.45) is 0 Å². The molecule has 3 aromatic heterocycles. The van der Waals surface area contributed by atoms with Gasteiger partial charge in [0.25, 0.3) is 0 Å². The van der Waals surface area contributed by atoms with E-state index in [1.54, 1.807) is 18.0 Å². The molecule has 0 fully saturated rings. The Kier molecular flexibility index (Phi) is 3.87. The minimum Gasteiger partial charge on any atom is -0.497 e. The summed E-state index contributed by atoms with van der Waals surface area (Å²) in [4.78, 5) is 21.4. The Balaban J connectivity index is 1.66. The number of pyridine rings is 1. The Labute approximate surface area is 165 Å². The number of amides is 1. The van der Waals surface area contributed by atoms with Crippen LogP contribution in [0.15, 0.2) is 42.7 Å². The predicted molar refractivity (Wildman–Crippen MR) is 107 cm³/mol. The lowest BCUT2D eigenvalue weighted by Crippen LogP contribution is -2.25. The quantitative estimate of drug-likeness (QED) is 0.576. The topological polar surface area (TPSA) is 81.9 Å². The highest BCUT2D eigenvalue weighted by Crippen LogP contribution is 2.41. The van der Waals surface area contributed by atoms with Gasteiger partial charge in [0.15, 0.2) is 0 Å². The lowest BCUT2D eigenvalue weighted by atomic mass is 9.87. The monoisotopic (exact) mass is 391 g/mol. The summed E-state index contributed by atoms with van der Waals surface area (Å²) in [7, 11) is 1.64. The third-order valence-corrected chi connectivity index (χ3v) is 5.95. The van der Waals surface area contributed by atoms with Crippen LogP contribution in [0.5, 0.6) is 5.75 Å². The van der Waals surface area contributed by atoms with Gasteiger partial charge in [-0.2, -0.15) is 9.78 Å². The van der Waals surface area contributed by atoms with E-state index in [4.69, 9.17) is 14.8 Å². The third-order valence-electron chi connectivity index (χ3n) is 4.95. The molecule has 1 aromatic carbocycles. The average Bonchev–Trinajstić information content (AvgIpc) is 3.28. The van der Waals surface area contributed by atoms with Crippen molar-refractivity contribution in [3.05, 3.63) is 59.5 Å². The molecule has 1 aliphatic rings. The number of hydrogen-bond acceptors (Lipinski definition) is 6. The third kappa shape index (κ3) is 2.65.